The van der Waals surface area contributed by atoms with Gasteiger partial charge in [0.15, 0.2) is 0 Å². The number of carbonyl (C=O) groups is 2. The number of rotatable bonds is 3. The summed E-state index contributed by atoms with van der Waals surface area (Å²) in [6.07, 6.45) is 5.73. The number of nitrogens with one attached hydrogen (secondary N) is 1. The van der Waals surface area contributed by atoms with Gasteiger partial charge < -0.3 is 15.2 Å². The Balaban J connectivity index is 1.94. The predicted molar refractivity (Wildman–Crippen MR) is 69.7 cm³/mol. The minimum absolute atomic E-state index is 0.125. The molecule has 2 aliphatic rings. The van der Waals surface area contributed by atoms with E-state index in [9.17, 15) is 14.7 Å². The average molecular weight is 269 g/mol. The monoisotopic (exact) mass is 269 g/mol. The zero-order valence-corrected chi connectivity index (χ0v) is 11.4. The molecule has 1 saturated heterocycles. The second-order valence-corrected chi connectivity index (χ2v) is 5.71. The van der Waals surface area contributed by atoms with Gasteiger partial charge in [-0.2, -0.15) is 0 Å². The Kier molecular flexibility index (Phi) is 4.80. The third kappa shape index (κ3) is 3.69. The summed E-state index contributed by atoms with van der Waals surface area (Å²) in [6, 6.07) is -0.244. The molecule has 0 aromatic carbocycles. The number of ether oxygens (including phenoxy) is 1. The van der Waals surface area contributed by atoms with E-state index in [1.165, 1.54) is 0 Å². The minimum atomic E-state index is -0.798. The fraction of sp³-hybridized carbons (Fsp3) is 0.857. The molecule has 2 N–H and O–H groups in total. The molecule has 4 unspecified atom stereocenters. The second kappa shape index (κ2) is 6.37. The summed E-state index contributed by atoms with van der Waals surface area (Å²) >= 11 is 0. The van der Waals surface area contributed by atoms with Crippen molar-refractivity contribution in [3.63, 3.8) is 0 Å². The smallest absolute Gasteiger partial charge is 0.308 e. The van der Waals surface area contributed by atoms with Crippen molar-refractivity contribution in [2.45, 2.75) is 70.1 Å². The molecule has 0 aromatic rings. The normalized spacial score (nSPS) is 35.6. The fourth-order valence-electron chi connectivity index (χ4n) is 3.05. The van der Waals surface area contributed by atoms with Gasteiger partial charge in [0.25, 0.3) is 0 Å². The Morgan fingerprint density at radius 2 is 1.84 bits per heavy atom. The van der Waals surface area contributed by atoms with Crippen molar-refractivity contribution < 1.29 is 19.4 Å². The number of aliphatic carboxylic acids is 1. The van der Waals surface area contributed by atoms with Crippen LogP contribution in [0.2, 0.25) is 0 Å². The van der Waals surface area contributed by atoms with Crippen LogP contribution in [0.1, 0.15) is 51.9 Å². The zero-order valence-electron chi connectivity index (χ0n) is 11.4. The average Bonchev–Trinajstić information content (AvgIpc) is 2.65. The molecule has 1 saturated carbocycles. The van der Waals surface area contributed by atoms with Gasteiger partial charge in [-0.1, -0.05) is 19.3 Å². The zero-order chi connectivity index (χ0) is 13.8. The lowest BCUT2D eigenvalue weighted by atomic mass is 9.94. The van der Waals surface area contributed by atoms with Crippen LogP contribution in [0.4, 0.5) is 0 Å². The summed E-state index contributed by atoms with van der Waals surface area (Å²) in [6.45, 7) is 1.96. The van der Waals surface area contributed by atoms with E-state index in [0.29, 0.717) is 6.42 Å². The third-order valence-electron chi connectivity index (χ3n) is 4.19. The first kappa shape index (κ1) is 14.3. The van der Waals surface area contributed by atoms with E-state index in [4.69, 9.17) is 4.74 Å². The maximum atomic E-state index is 12.1. The van der Waals surface area contributed by atoms with E-state index in [1.807, 2.05) is 6.92 Å². The third-order valence-corrected chi connectivity index (χ3v) is 4.19. The molecule has 108 valence electrons. The highest BCUT2D eigenvalue weighted by atomic mass is 16.5. The lowest BCUT2D eigenvalue weighted by Crippen LogP contribution is -2.46. The SMILES string of the molecule is CC1CCC(C(=O)NC2CCCCCC2C(=O)O)O1. The van der Waals surface area contributed by atoms with Crippen LogP contribution in [0.3, 0.4) is 0 Å². The highest BCUT2D eigenvalue weighted by molar-refractivity contribution is 5.82. The van der Waals surface area contributed by atoms with Crippen LogP contribution < -0.4 is 5.32 Å². The molecule has 1 heterocycles. The highest BCUT2D eigenvalue weighted by Gasteiger charge is 2.34. The topological polar surface area (TPSA) is 75.6 Å². The van der Waals surface area contributed by atoms with Gasteiger partial charge in [-0.15, -0.1) is 0 Å². The summed E-state index contributed by atoms with van der Waals surface area (Å²) < 4.78 is 5.53. The van der Waals surface area contributed by atoms with Gasteiger partial charge in [0.2, 0.25) is 5.91 Å². The Hall–Kier alpha value is -1.10. The van der Waals surface area contributed by atoms with Crippen molar-refractivity contribution in [3.05, 3.63) is 0 Å². The molecule has 4 atom stereocenters. The van der Waals surface area contributed by atoms with E-state index < -0.39 is 18.0 Å². The van der Waals surface area contributed by atoms with E-state index in [2.05, 4.69) is 5.32 Å². The van der Waals surface area contributed by atoms with Crippen LogP contribution >= 0.6 is 0 Å². The maximum absolute atomic E-state index is 12.1. The van der Waals surface area contributed by atoms with Gasteiger partial charge in [0.1, 0.15) is 6.10 Å². The Bertz CT molecular complexity index is 344. The van der Waals surface area contributed by atoms with E-state index in [0.717, 1.165) is 38.5 Å². The molecule has 1 aliphatic carbocycles. The van der Waals surface area contributed by atoms with Crippen LogP contribution in [-0.4, -0.2) is 35.2 Å². The molecule has 1 amide bonds. The molecular weight excluding hydrogens is 246 g/mol. The largest absolute Gasteiger partial charge is 0.481 e. The number of carboxylic acid groups (broad SMARTS) is 1. The molecule has 0 radical (unpaired) electrons. The molecule has 2 rings (SSSR count). The Morgan fingerprint density at radius 1 is 1.11 bits per heavy atom. The summed E-state index contributed by atoms with van der Waals surface area (Å²) in [5, 5.41) is 12.2. The summed E-state index contributed by atoms with van der Waals surface area (Å²) in [7, 11) is 0. The van der Waals surface area contributed by atoms with Crippen LogP contribution in [0.5, 0.6) is 0 Å². The van der Waals surface area contributed by atoms with Crippen LogP contribution in [0.25, 0.3) is 0 Å². The molecule has 0 spiro atoms. The molecule has 1 aliphatic heterocycles. The molecule has 19 heavy (non-hydrogen) atoms. The van der Waals surface area contributed by atoms with E-state index in [-0.39, 0.29) is 18.1 Å². The van der Waals surface area contributed by atoms with Gasteiger partial charge in [0, 0.05) is 6.04 Å². The van der Waals surface area contributed by atoms with Gasteiger partial charge in [-0.25, -0.2) is 0 Å². The van der Waals surface area contributed by atoms with E-state index >= 15 is 0 Å². The van der Waals surface area contributed by atoms with E-state index in [1.54, 1.807) is 0 Å². The number of carbonyl (C=O) groups excluding carboxylic acids is 1. The molecule has 5 nitrogen and oxygen atoms in total. The lowest BCUT2D eigenvalue weighted by Gasteiger charge is -2.24. The van der Waals surface area contributed by atoms with Crippen molar-refractivity contribution in [1.29, 1.82) is 0 Å². The minimum Gasteiger partial charge on any atom is -0.481 e. The summed E-state index contributed by atoms with van der Waals surface area (Å²) in [4.78, 5) is 23.4. The number of hydrogen-bond acceptors (Lipinski definition) is 3. The molecule has 5 heteroatoms. The first-order chi connectivity index (χ1) is 9.08. The van der Waals surface area contributed by atoms with Crippen LogP contribution in [0, 0.1) is 5.92 Å². The van der Waals surface area contributed by atoms with Crippen LogP contribution in [0.15, 0.2) is 0 Å². The van der Waals surface area contributed by atoms with Crippen molar-refractivity contribution in [2.75, 3.05) is 0 Å². The Morgan fingerprint density at radius 3 is 2.47 bits per heavy atom. The fourth-order valence-corrected chi connectivity index (χ4v) is 3.05. The van der Waals surface area contributed by atoms with Gasteiger partial charge in [-0.05, 0) is 32.6 Å². The maximum Gasteiger partial charge on any atom is 0.308 e. The summed E-state index contributed by atoms with van der Waals surface area (Å²) in [5.41, 5.74) is 0. The number of hydrogen-bond donors (Lipinski definition) is 2. The standard InChI is InChI=1S/C14H23NO4/c1-9-7-8-12(19-9)13(16)15-11-6-4-2-3-5-10(11)14(17)18/h9-12H,2-8H2,1H3,(H,15,16)(H,17,18). The Labute approximate surface area is 113 Å². The van der Waals surface area contributed by atoms with Gasteiger partial charge >= 0.3 is 5.97 Å². The molecule has 0 bridgehead atoms. The van der Waals surface area contributed by atoms with Gasteiger partial charge in [0.05, 0.1) is 12.0 Å². The lowest BCUT2D eigenvalue weighted by molar-refractivity contribution is -0.144. The van der Waals surface area contributed by atoms with Crippen LogP contribution in [-0.2, 0) is 14.3 Å². The first-order valence-electron chi connectivity index (χ1n) is 7.26. The number of amides is 1. The van der Waals surface area contributed by atoms with Crippen molar-refractivity contribution in [3.8, 4) is 0 Å². The second-order valence-electron chi connectivity index (χ2n) is 5.71. The molecule has 2 fully saturated rings. The van der Waals surface area contributed by atoms with Crippen molar-refractivity contribution in [1.82, 2.24) is 5.32 Å². The number of carboxylic acids is 1. The summed E-state index contributed by atoms with van der Waals surface area (Å²) in [5.74, 6) is -1.39. The highest BCUT2D eigenvalue weighted by Crippen LogP contribution is 2.25. The molecule has 0 aromatic heterocycles. The predicted octanol–water partition coefficient (Wildman–Crippen LogP) is 1.70. The van der Waals surface area contributed by atoms with Crippen molar-refractivity contribution >= 4 is 11.9 Å². The van der Waals surface area contributed by atoms with Gasteiger partial charge in [-0.3, -0.25) is 9.59 Å². The van der Waals surface area contributed by atoms with Crippen molar-refractivity contribution in [2.24, 2.45) is 5.92 Å². The first-order valence-corrected chi connectivity index (χ1v) is 7.26. The quantitative estimate of drug-likeness (QED) is 0.765. The molecular formula is C14H23NO4.